The van der Waals surface area contributed by atoms with Crippen LogP contribution < -0.4 is 5.32 Å². The molecule has 7 fully saturated rings. The summed E-state index contributed by atoms with van der Waals surface area (Å²) in [6, 6.07) is 0. The molecule has 5 aliphatic carbocycles. The van der Waals surface area contributed by atoms with Gasteiger partial charge in [-0.15, -0.1) is 0 Å². The van der Waals surface area contributed by atoms with E-state index in [0.717, 1.165) is 23.7 Å². The largest absolute Gasteiger partial charge is 0.395 e. The van der Waals surface area contributed by atoms with E-state index < -0.39 is 5.79 Å². The molecular weight excluding hydrogens is 218 g/mol. The van der Waals surface area contributed by atoms with Crippen molar-refractivity contribution in [1.82, 2.24) is 5.32 Å². The Morgan fingerprint density at radius 1 is 1.12 bits per heavy atom. The third kappa shape index (κ3) is 0.542. The maximum absolute atomic E-state index is 10.9. The number of aliphatic hydroxyl groups is 2. The smallest absolute Gasteiger partial charge is 0.174 e. The quantitative estimate of drug-likeness (QED) is 0.609. The normalized spacial score (nSPS) is 78.7. The molecular formula is C13H17NO3. The van der Waals surface area contributed by atoms with Crippen molar-refractivity contribution in [2.75, 3.05) is 13.2 Å². The molecule has 2 saturated heterocycles. The van der Waals surface area contributed by atoms with E-state index in [1.54, 1.807) is 0 Å². The highest BCUT2D eigenvalue weighted by Crippen LogP contribution is 2.91. The summed E-state index contributed by atoms with van der Waals surface area (Å²) < 4.78 is 6.18. The predicted molar refractivity (Wildman–Crippen MR) is 56.4 cm³/mol. The monoisotopic (exact) mass is 235 g/mol. The van der Waals surface area contributed by atoms with E-state index in [1.807, 2.05) is 0 Å². The van der Waals surface area contributed by atoms with Gasteiger partial charge < -0.3 is 14.9 Å². The van der Waals surface area contributed by atoms with Crippen molar-refractivity contribution in [3.8, 4) is 0 Å². The van der Waals surface area contributed by atoms with Crippen molar-refractivity contribution < 1.29 is 14.9 Å². The van der Waals surface area contributed by atoms with E-state index in [9.17, 15) is 5.11 Å². The zero-order valence-electron chi connectivity index (χ0n) is 9.54. The Morgan fingerprint density at radius 2 is 1.88 bits per heavy atom. The van der Waals surface area contributed by atoms with E-state index in [4.69, 9.17) is 9.84 Å². The molecule has 4 heteroatoms. The molecule has 0 spiro atoms. The fourth-order valence-corrected chi connectivity index (χ4v) is 7.59. The molecule has 10 atom stereocenters. The number of hydrogen-bond donors (Lipinski definition) is 3. The summed E-state index contributed by atoms with van der Waals surface area (Å²) >= 11 is 0. The predicted octanol–water partition coefficient (Wildman–Crippen LogP) is -0.629. The van der Waals surface area contributed by atoms with Gasteiger partial charge in [-0.2, -0.15) is 0 Å². The van der Waals surface area contributed by atoms with Gasteiger partial charge in [-0.25, -0.2) is 0 Å². The van der Waals surface area contributed by atoms with Gasteiger partial charge in [0.15, 0.2) is 5.79 Å². The van der Waals surface area contributed by atoms with Gasteiger partial charge >= 0.3 is 0 Å². The molecule has 3 N–H and O–H groups in total. The van der Waals surface area contributed by atoms with Crippen LogP contribution in [-0.2, 0) is 4.74 Å². The van der Waals surface area contributed by atoms with E-state index in [0.29, 0.717) is 30.2 Å². The summed E-state index contributed by atoms with van der Waals surface area (Å²) in [7, 11) is 0. The zero-order valence-corrected chi connectivity index (χ0v) is 9.54. The van der Waals surface area contributed by atoms with Gasteiger partial charge in [-0.3, -0.25) is 5.32 Å². The Hall–Kier alpha value is -0.160. The van der Waals surface area contributed by atoms with Gasteiger partial charge in [0.05, 0.1) is 6.61 Å². The summed E-state index contributed by atoms with van der Waals surface area (Å²) in [4.78, 5) is 0. The topological polar surface area (TPSA) is 61.7 Å². The van der Waals surface area contributed by atoms with Crippen LogP contribution >= 0.6 is 0 Å². The van der Waals surface area contributed by atoms with Crippen molar-refractivity contribution in [3.63, 3.8) is 0 Å². The molecule has 0 aromatic rings. The van der Waals surface area contributed by atoms with Crippen molar-refractivity contribution in [2.45, 2.75) is 17.9 Å². The highest BCUT2D eigenvalue weighted by Gasteiger charge is 2.97. The van der Waals surface area contributed by atoms with Crippen LogP contribution in [0.5, 0.6) is 0 Å². The summed E-state index contributed by atoms with van der Waals surface area (Å²) in [5.74, 6) is 4.26. The molecule has 0 unspecified atom stereocenters. The molecule has 2 heterocycles. The summed E-state index contributed by atoms with van der Waals surface area (Å²) in [6.45, 7) is 0.748. The minimum atomic E-state index is -0.797. The maximum Gasteiger partial charge on any atom is 0.174 e. The first-order valence-corrected chi connectivity index (χ1v) is 7.02. The van der Waals surface area contributed by atoms with Crippen LogP contribution in [-0.4, -0.2) is 34.9 Å². The SMILES string of the molecule is OCCN[C@@]12O[C@@]3(O)[C@@H]4[C@H]5[C@H]6C[C@@H]([C@@H]5[C@H]41)[C@@H]2[C@H]63. The first-order chi connectivity index (χ1) is 8.24. The second-order valence-corrected chi connectivity index (χ2v) is 7.12. The molecule has 0 amide bonds. The highest BCUT2D eigenvalue weighted by atomic mass is 16.7. The molecule has 7 aliphatic rings. The third-order valence-corrected chi connectivity index (χ3v) is 7.29. The first kappa shape index (κ1) is 8.86. The molecule has 2 aliphatic heterocycles. The standard InChI is InChI=1S/C13H17NO3/c15-2-1-14-12-8-4-3-5-7-6(4)10(12)11(7)13(16,17-12)9(5)8/h4-11,14-16H,1-3H2/t4-,5+,6-,7-,8+,9-,10+,11+,12-,13+/m0/s1. The van der Waals surface area contributed by atoms with Crippen LogP contribution in [0.3, 0.4) is 0 Å². The average Bonchev–Trinajstić information content (AvgIpc) is 2.86. The van der Waals surface area contributed by atoms with E-state index in [1.165, 1.54) is 6.42 Å². The highest BCUT2D eigenvalue weighted by molar-refractivity contribution is 5.40. The lowest BCUT2D eigenvalue weighted by atomic mass is 9.58. The minimum Gasteiger partial charge on any atom is -0.395 e. The first-order valence-electron chi connectivity index (χ1n) is 7.02. The number of nitrogens with one attached hydrogen (secondary N) is 1. The second kappa shape index (κ2) is 2.09. The van der Waals surface area contributed by atoms with Crippen LogP contribution in [0.4, 0.5) is 0 Å². The molecule has 92 valence electrons. The number of ether oxygens (including phenoxy) is 1. The third-order valence-electron chi connectivity index (χ3n) is 7.29. The van der Waals surface area contributed by atoms with Gasteiger partial charge in [0.1, 0.15) is 5.72 Å². The van der Waals surface area contributed by atoms with Crippen LogP contribution in [0.15, 0.2) is 0 Å². The van der Waals surface area contributed by atoms with Crippen LogP contribution in [0.25, 0.3) is 0 Å². The van der Waals surface area contributed by atoms with Gasteiger partial charge in [0, 0.05) is 30.2 Å². The zero-order chi connectivity index (χ0) is 11.2. The van der Waals surface area contributed by atoms with E-state index in [-0.39, 0.29) is 12.3 Å². The van der Waals surface area contributed by atoms with Gasteiger partial charge in [0.25, 0.3) is 0 Å². The molecule has 0 aromatic carbocycles. The molecule has 0 radical (unpaired) electrons. The summed E-state index contributed by atoms with van der Waals surface area (Å²) in [6.07, 6.45) is 1.34. The lowest BCUT2D eigenvalue weighted by Gasteiger charge is -2.46. The van der Waals surface area contributed by atoms with Crippen LogP contribution in [0, 0.1) is 47.3 Å². The molecule has 4 nitrogen and oxygen atoms in total. The fourth-order valence-electron chi connectivity index (χ4n) is 7.59. The number of hydrogen-bond acceptors (Lipinski definition) is 4. The number of aliphatic hydroxyl groups excluding tert-OH is 1. The van der Waals surface area contributed by atoms with Crippen LogP contribution in [0.2, 0.25) is 0 Å². The Morgan fingerprint density at radius 3 is 2.71 bits per heavy atom. The van der Waals surface area contributed by atoms with Crippen LogP contribution in [0.1, 0.15) is 6.42 Å². The maximum atomic E-state index is 10.9. The lowest BCUT2D eigenvalue weighted by Crippen LogP contribution is -2.57. The number of rotatable bonds is 3. The summed E-state index contributed by atoms with van der Waals surface area (Å²) in [5, 5.41) is 23.4. The van der Waals surface area contributed by atoms with Gasteiger partial charge in [-0.05, 0) is 30.1 Å². The van der Waals surface area contributed by atoms with E-state index in [2.05, 4.69) is 5.32 Å². The second-order valence-electron chi connectivity index (χ2n) is 7.12. The minimum absolute atomic E-state index is 0.153. The van der Waals surface area contributed by atoms with Gasteiger partial charge in [0.2, 0.25) is 0 Å². The van der Waals surface area contributed by atoms with Crippen molar-refractivity contribution in [2.24, 2.45) is 47.3 Å². The lowest BCUT2D eigenvalue weighted by molar-refractivity contribution is -0.215. The van der Waals surface area contributed by atoms with Crippen molar-refractivity contribution in [1.29, 1.82) is 0 Å². The molecule has 4 bridgehead atoms. The average molecular weight is 235 g/mol. The van der Waals surface area contributed by atoms with E-state index >= 15 is 0 Å². The Bertz CT molecular complexity index is 456. The van der Waals surface area contributed by atoms with Gasteiger partial charge in [-0.1, -0.05) is 0 Å². The Kier molecular flexibility index (Phi) is 1.09. The Labute approximate surface area is 99.3 Å². The molecule has 17 heavy (non-hydrogen) atoms. The fraction of sp³-hybridized carbons (Fsp3) is 1.00. The molecule has 7 rings (SSSR count). The van der Waals surface area contributed by atoms with Crippen molar-refractivity contribution in [3.05, 3.63) is 0 Å². The summed E-state index contributed by atoms with van der Waals surface area (Å²) in [5.41, 5.74) is -0.260. The molecule has 0 aromatic heterocycles. The molecule has 5 saturated carbocycles. The Balaban J connectivity index is 1.57. The van der Waals surface area contributed by atoms with Crippen molar-refractivity contribution >= 4 is 0 Å².